The number of benzene rings is 2. The van der Waals surface area contributed by atoms with Gasteiger partial charge in [0.15, 0.2) is 0 Å². The first-order valence-corrected chi connectivity index (χ1v) is 11.5. The van der Waals surface area contributed by atoms with E-state index in [9.17, 15) is 18.4 Å². The second kappa shape index (κ2) is 9.20. The third-order valence-electron chi connectivity index (χ3n) is 5.25. The number of thioether (sulfide) groups is 1. The van der Waals surface area contributed by atoms with E-state index >= 15 is 0 Å². The van der Waals surface area contributed by atoms with E-state index in [0.29, 0.717) is 52.1 Å². The first kappa shape index (κ1) is 21.5. The van der Waals surface area contributed by atoms with E-state index < -0.39 is 5.76 Å². The highest BCUT2D eigenvalue weighted by molar-refractivity contribution is 7.99. The Kier molecular flexibility index (Phi) is 6.38. The SMILES string of the molecule is Cc1c(NC(=O)c2ccc(SC(F)F)cc2)cccc1C(=O)N1CCc2sccc2C1. The summed E-state index contributed by atoms with van der Waals surface area (Å²) < 4.78 is 24.9. The molecular weight excluding hydrogens is 438 g/mol. The number of alkyl halides is 2. The minimum Gasteiger partial charge on any atom is -0.334 e. The molecule has 2 aromatic carbocycles. The average molecular weight is 459 g/mol. The van der Waals surface area contributed by atoms with Gasteiger partial charge in [0.05, 0.1) is 0 Å². The number of anilines is 1. The van der Waals surface area contributed by atoms with Crippen LogP contribution in [0.2, 0.25) is 0 Å². The fourth-order valence-electron chi connectivity index (χ4n) is 3.58. The highest BCUT2D eigenvalue weighted by Crippen LogP contribution is 2.28. The number of nitrogens with one attached hydrogen (secondary N) is 1. The number of thiophene rings is 1. The Hall–Kier alpha value is -2.71. The second-order valence-electron chi connectivity index (χ2n) is 7.18. The lowest BCUT2D eigenvalue weighted by atomic mass is 10.0. The number of fused-ring (bicyclic) bond motifs is 1. The zero-order chi connectivity index (χ0) is 22.0. The van der Waals surface area contributed by atoms with Crippen molar-refractivity contribution < 1.29 is 18.4 Å². The molecule has 0 spiro atoms. The van der Waals surface area contributed by atoms with E-state index in [1.54, 1.807) is 29.5 Å². The summed E-state index contributed by atoms with van der Waals surface area (Å²) in [6, 6.07) is 13.3. The molecule has 1 aromatic heterocycles. The van der Waals surface area contributed by atoms with Crippen LogP contribution in [0.4, 0.5) is 14.5 Å². The third-order valence-corrected chi connectivity index (χ3v) is 6.99. The molecule has 0 saturated carbocycles. The van der Waals surface area contributed by atoms with Gasteiger partial charge in [-0.1, -0.05) is 17.8 Å². The Bertz CT molecular complexity index is 1110. The summed E-state index contributed by atoms with van der Waals surface area (Å²) in [7, 11) is 0. The molecule has 8 heteroatoms. The highest BCUT2D eigenvalue weighted by atomic mass is 32.2. The fraction of sp³-hybridized carbons (Fsp3) is 0.217. The molecule has 31 heavy (non-hydrogen) atoms. The molecule has 3 aromatic rings. The van der Waals surface area contributed by atoms with Gasteiger partial charge < -0.3 is 10.2 Å². The van der Waals surface area contributed by atoms with Crippen molar-refractivity contribution in [2.24, 2.45) is 0 Å². The van der Waals surface area contributed by atoms with Crippen molar-refractivity contribution in [2.45, 2.75) is 30.5 Å². The van der Waals surface area contributed by atoms with E-state index in [4.69, 9.17) is 0 Å². The molecule has 0 unspecified atom stereocenters. The van der Waals surface area contributed by atoms with E-state index in [2.05, 4.69) is 16.8 Å². The third kappa shape index (κ3) is 4.80. The van der Waals surface area contributed by atoms with Gasteiger partial charge in [-0.05, 0) is 72.3 Å². The molecule has 0 atom stereocenters. The summed E-state index contributed by atoms with van der Waals surface area (Å²) in [6.07, 6.45) is 0.855. The van der Waals surface area contributed by atoms with Gasteiger partial charge in [0.1, 0.15) is 0 Å². The van der Waals surface area contributed by atoms with Crippen molar-refractivity contribution in [1.29, 1.82) is 0 Å². The molecule has 0 saturated heterocycles. The van der Waals surface area contributed by atoms with Gasteiger partial charge in [-0.2, -0.15) is 8.78 Å². The lowest BCUT2D eigenvalue weighted by molar-refractivity contribution is 0.0735. The Balaban J connectivity index is 1.48. The van der Waals surface area contributed by atoms with E-state index in [0.717, 1.165) is 6.42 Å². The largest absolute Gasteiger partial charge is 0.334 e. The molecule has 0 bridgehead atoms. The van der Waals surface area contributed by atoms with Crippen LogP contribution in [0.5, 0.6) is 0 Å². The van der Waals surface area contributed by atoms with Crippen molar-refractivity contribution in [3.05, 3.63) is 81.0 Å². The van der Waals surface area contributed by atoms with Crippen LogP contribution in [-0.2, 0) is 13.0 Å². The summed E-state index contributed by atoms with van der Waals surface area (Å²) in [6.45, 7) is 3.08. The molecule has 1 aliphatic rings. The van der Waals surface area contributed by atoms with Crippen LogP contribution in [-0.4, -0.2) is 29.0 Å². The quantitative estimate of drug-likeness (QED) is 0.490. The highest BCUT2D eigenvalue weighted by Gasteiger charge is 2.24. The molecule has 1 aliphatic heterocycles. The Labute approximate surface area is 187 Å². The summed E-state index contributed by atoms with van der Waals surface area (Å²) >= 11 is 2.16. The summed E-state index contributed by atoms with van der Waals surface area (Å²) in [4.78, 5) is 29.3. The molecule has 0 radical (unpaired) electrons. The Morgan fingerprint density at radius 1 is 1.13 bits per heavy atom. The van der Waals surface area contributed by atoms with Crippen LogP contribution in [0.1, 0.15) is 36.7 Å². The van der Waals surface area contributed by atoms with Crippen molar-refractivity contribution in [2.75, 3.05) is 11.9 Å². The predicted octanol–water partition coefficient (Wildman–Crippen LogP) is 5.82. The molecule has 4 nitrogen and oxygen atoms in total. The molecule has 0 aliphatic carbocycles. The smallest absolute Gasteiger partial charge is 0.288 e. The average Bonchev–Trinajstić information content (AvgIpc) is 3.22. The standard InChI is InChI=1S/C23H20F2N2O2S2/c1-14-18(22(29)27-11-9-20-16(13-27)10-12-30-20)3-2-4-19(14)26-21(28)15-5-7-17(8-6-15)31-23(24)25/h2-8,10,12,23H,9,11,13H2,1H3,(H,26,28). The monoisotopic (exact) mass is 458 g/mol. The van der Waals surface area contributed by atoms with E-state index in [1.807, 2.05) is 11.8 Å². The number of carbonyl (C=O) groups excluding carboxylic acids is 2. The zero-order valence-electron chi connectivity index (χ0n) is 16.7. The zero-order valence-corrected chi connectivity index (χ0v) is 18.4. The molecule has 160 valence electrons. The molecule has 2 heterocycles. The first-order valence-electron chi connectivity index (χ1n) is 9.72. The van der Waals surface area contributed by atoms with E-state index in [1.165, 1.54) is 34.7 Å². The summed E-state index contributed by atoms with van der Waals surface area (Å²) in [5, 5.41) is 4.89. The summed E-state index contributed by atoms with van der Waals surface area (Å²) in [5.74, 6) is -2.92. The number of hydrogen-bond donors (Lipinski definition) is 1. The van der Waals surface area contributed by atoms with Crippen molar-refractivity contribution in [1.82, 2.24) is 4.90 Å². The van der Waals surface area contributed by atoms with Gasteiger partial charge in [-0.15, -0.1) is 11.3 Å². The second-order valence-corrected chi connectivity index (χ2v) is 9.24. The van der Waals surface area contributed by atoms with Crippen LogP contribution in [0.25, 0.3) is 0 Å². The lowest BCUT2D eigenvalue weighted by Crippen LogP contribution is -2.35. The van der Waals surface area contributed by atoms with Crippen LogP contribution in [0.15, 0.2) is 58.8 Å². The van der Waals surface area contributed by atoms with Crippen molar-refractivity contribution in [3.8, 4) is 0 Å². The number of nitrogens with zero attached hydrogens (tertiary/aromatic N) is 1. The number of amides is 2. The molecule has 2 amide bonds. The molecule has 0 fully saturated rings. The maximum absolute atomic E-state index is 13.1. The first-order chi connectivity index (χ1) is 14.9. The Morgan fingerprint density at radius 2 is 1.90 bits per heavy atom. The maximum Gasteiger partial charge on any atom is 0.288 e. The molecular formula is C23H20F2N2O2S2. The van der Waals surface area contributed by atoms with Crippen LogP contribution >= 0.6 is 23.1 Å². The summed E-state index contributed by atoms with van der Waals surface area (Å²) in [5.41, 5.74) is 3.35. The van der Waals surface area contributed by atoms with Crippen LogP contribution < -0.4 is 5.32 Å². The van der Waals surface area contributed by atoms with Gasteiger partial charge in [-0.3, -0.25) is 9.59 Å². The maximum atomic E-state index is 13.1. The van der Waals surface area contributed by atoms with Gasteiger partial charge in [0, 0.05) is 39.7 Å². The van der Waals surface area contributed by atoms with Gasteiger partial charge in [-0.25, -0.2) is 0 Å². The number of halogens is 2. The lowest BCUT2D eigenvalue weighted by Gasteiger charge is -2.28. The van der Waals surface area contributed by atoms with Crippen molar-refractivity contribution in [3.63, 3.8) is 0 Å². The predicted molar refractivity (Wildman–Crippen MR) is 120 cm³/mol. The van der Waals surface area contributed by atoms with Gasteiger partial charge in [0.2, 0.25) is 0 Å². The fourth-order valence-corrected chi connectivity index (χ4v) is 4.97. The topological polar surface area (TPSA) is 49.4 Å². The van der Waals surface area contributed by atoms with E-state index in [-0.39, 0.29) is 11.8 Å². The van der Waals surface area contributed by atoms with Gasteiger partial charge in [0.25, 0.3) is 17.6 Å². The molecule has 1 N–H and O–H groups in total. The van der Waals surface area contributed by atoms with Crippen LogP contribution in [0, 0.1) is 6.92 Å². The van der Waals surface area contributed by atoms with Crippen LogP contribution in [0.3, 0.4) is 0 Å². The number of rotatable bonds is 5. The van der Waals surface area contributed by atoms with Gasteiger partial charge >= 0.3 is 0 Å². The van der Waals surface area contributed by atoms with Crippen molar-refractivity contribution >= 4 is 40.6 Å². The minimum absolute atomic E-state index is 0.0566. The normalized spacial score (nSPS) is 13.2. The Morgan fingerprint density at radius 3 is 2.65 bits per heavy atom. The minimum atomic E-state index is -2.51. The molecule has 4 rings (SSSR count). The number of hydrogen-bond acceptors (Lipinski definition) is 4. The number of carbonyl (C=O) groups is 2.